The number of anilines is 1. The van der Waals surface area contributed by atoms with Crippen molar-refractivity contribution in [3.05, 3.63) is 29.8 Å². The molecule has 1 amide bonds. The maximum absolute atomic E-state index is 12.4. The molecule has 0 radical (unpaired) electrons. The SMILES string of the molecule is CC(C)c1ccc(N(C)C(=O)C(C)(C)CCN)cc1. The molecule has 3 heteroatoms. The second kappa shape index (κ2) is 6.20. The van der Waals surface area contributed by atoms with Crippen LogP contribution in [0, 0.1) is 5.41 Å². The summed E-state index contributed by atoms with van der Waals surface area (Å²) in [7, 11) is 1.82. The van der Waals surface area contributed by atoms with Gasteiger partial charge in [-0.25, -0.2) is 0 Å². The average molecular weight is 262 g/mol. The van der Waals surface area contributed by atoms with Gasteiger partial charge in [-0.05, 0) is 36.6 Å². The molecule has 0 atom stereocenters. The van der Waals surface area contributed by atoms with E-state index in [1.54, 1.807) is 4.90 Å². The highest BCUT2D eigenvalue weighted by Gasteiger charge is 2.30. The Balaban J connectivity index is 2.88. The molecular formula is C16H26N2O. The van der Waals surface area contributed by atoms with Crippen LogP contribution in [0.15, 0.2) is 24.3 Å². The second-order valence-electron chi connectivity index (χ2n) is 6.03. The molecule has 3 nitrogen and oxygen atoms in total. The molecule has 0 aliphatic carbocycles. The van der Waals surface area contributed by atoms with Crippen LogP contribution in [0.3, 0.4) is 0 Å². The smallest absolute Gasteiger partial charge is 0.232 e. The predicted molar refractivity (Wildman–Crippen MR) is 81.4 cm³/mol. The third kappa shape index (κ3) is 3.80. The molecular weight excluding hydrogens is 236 g/mol. The number of carbonyl (C=O) groups is 1. The lowest BCUT2D eigenvalue weighted by atomic mass is 9.87. The number of hydrogen-bond donors (Lipinski definition) is 1. The van der Waals surface area contributed by atoms with E-state index in [0.717, 1.165) is 5.69 Å². The lowest BCUT2D eigenvalue weighted by Crippen LogP contribution is -2.39. The van der Waals surface area contributed by atoms with Gasteiger partial charge in [0.15, 0.2) is 0 Å². The van der Waals surface area contributed by atoms with Crippen molar-refractivity contribution in [2.45, 2.75) is 40.0 Å². The molecule has 1 aromatic carbocycles. The van der Waals surface area contributed by atoms with E-state index in [4.69, 9.17) is 5.73 Å². The molecule has 0 aromatic heterocycles. The molecule has 2 N–H and O–H groups in total. The number of benzene rings is 1. The molecule has 0 heterocycles. The molecule has 0 aliphatic rings. The Hall–Kier alpha value is -1.35. The van der Waals surface area contributed by atoms with E-state index in [0.29, 0.717) is 18.9 Å². The molecule has 1 rings (SSSR count). The number of nitrogens with zero attached hydrogens (tertiary/aromatic N) is 1. The van der Waals surface area contributed by atoms with Crippen molar-refractivity contribution in [1.29, 1.82) is 0 Å². The van der Waals surface area contributed by atoms with Crippen LogP contribution in [0.2, 0.25) is 0 Å². The summed E-state index contributed by atoms with van der Waals surface area (Å²) in [6, 6.07) is 8.18. The quantitative estimate of drug-likeness (QED) is 0.886. The molecule has 1 aromatic rings. The molecule has 0 aliphatic heterocycles. The summed E-state index contributed by atoms with van der Waals surface area (Å²) in [6.07, 6.45) is 0.695. The summed E-state index contributed by atoms with van der Waals surface area (Å²) >= 11 is 0. The Kier molecular flexibility index (Phi) is 5.12. The number of hydrogen-bond acceptors (Lipinski definition) is 2. The van der Waals surface area contributed by atoms with Gasteiger partial charge in [0.25, 0.3) is 0 Å². The van der Waals surface area contributed by atoms with Crippen molar-refractivity contribution in [3.8, 4) is 0 Å². The Morgan fingerprint density at radius 3 is 2.21 bits per heavy atom. The van der Waals surface area contributed by atoms with Crippen LogP contribution in [0.25, 0.3) is 0 Å². The normalized spacial score (nSPS) is 11.7. The van der Waals surface area contributed by atoms with E-state index in [-0.39, 0.29) is 5.91 Å². The molecule has 0 fully saturated rings. The predicted octanol–water partition coefficient (Wildman–Crippen LogP) is 3.15. The average Bonchev–Trinajstić information content (AvgIpc) is 2.37. The molecule has 0 saturated carbocycles. The van der Waals surface area contributed by atoms with E-state index >= 15 is 0 Å². The largest absolute Gasteiger partial charge is 0.330 e. The Bertz CT molecular complexity index is 421. The van der Waals surface area contributed by atoms with Gasteiger partial charge in [-0.1, -0.05) is 39.8 Å². The molecule has 0 spiro atoms. The van der Waals surface area contributed by atoms with Crippen molar-refractivity contribution in [1.82, 2.24) is 0 Å². The summed E-state index contributed by atoms with van der Waals surface area (Å²) in [5.41, 5.74) is 7.37. The van der Waals surface area contributed by atoms with E-state index < -0.39 is 5.41 Å². The summed E-state index contributed by atoms with van der Waals surface area (Å²) in [6.45, 7) is 8.74. The third-order valence-electron chi connectivity index (χ3n) is 3.60. The summed E-state index contributed by atoms with van der Waals surface area (Å²) in [5, 5.41) is 0. The minimum absolute atomic E-state index is 0.107. The van der Waals surface area contributed by atoms with Gasteiger partial charge in [-0.3, -0.25) is 4.79 Å². The monoisotopic (exact) mass is 262 g/mol. The first-order valence-electron chi connectivity index (χ1n) is 6.88. The Morgan fingerprint density at radius 2 is 1.79 bits per heavy atom. The maximum Gasteiger partial charge on any atom is 0.232 e. The van der Waals surface area contributed by atoms with Crippen molar-refractivity contribution in [3.63, 3.8) is 0 Å². The second-order valence-corrected chi connectivity index (χ2v) is 6.03. The fourth-order valence-electron chi connectivity index (χ4n) is 2.12. The van der Waals surface area contributed by atoms with Gasteiger partial charge in [0.05, 0.1) is 0 Å². The summed E-state index contributed by atoms with van der Waals surface area (Å²) in [4.78, 5) is 14.2. The maximum atomic E-state index is 12.4. The fraction of sp³-hybridized carbons (Fsp3) is 0.562. The van der Waals surface area contributed by atoms with Crippen molar-refractivity contribution in [2.75, 3.05) is 18.5 Å². The third-order valence-corrected chi connectivity index (χ3v) is 3.60. The van der Waals surface area contributed by atoms with E-state index in [1.807, 2.05) is 33.0 Å². The van der Waals surface area contributed by atoms with Crippen LogP contribution < -0.4 is 10.6 Å². The zero-order valence-electron chi connectivity index (χ0n) is 12.7. The molecule has 0 saturated heterocycles. The highest BCUT2D eigenvalue weighted by atomic mass is 16.2. The zero-order chi connectivity index (χ0) is 14.6. The Labute approximate surface area is 116 Å². The van der Waals surface area contributed by atoms with Crippen LogP contribution in [0.1, 0.15) is 45.6 Å². The number of nitrogens with two attached hydrogens (primary N) is 1. The lowest BCUT2D eigenvalue weighted by Gasteiger charge is -2.29. The molecule has 0 unspecified atom stereocenters. The minimum atomic E-state index is -0.416. The summed E-state index contributed by atoms with van der Waals surface area (Å²) in [5.74, 6) is 0.610. The Morgan fingerprint density at radius 1 is 1.26 bits per heavy atom. The molecule has 106 valence electrons. The highest BCUT2D eigenvalue weighted by Crippen LogP contribution is 2.26. The summed E-state index contributed by atoms with van der Waals surface area (Å²) < 4.78 is 0. The topological polar surface area (TPSA) is 46.3 Å². The molecule has 19 heavy (non-hydrogen) atoms. The van der Waals surface area contributed by atoms with Gasteiger partial charge in [0, 0.05) is 18.2 Å². The number of amides is 1. The van der Waals surface area contributed by atoms with Crippen LogP contribution >= 0.6 is 0 Å². The van der Waals surface area contributed by atoms with Crippen molar-refractivity contribution in [2.24, 2.45) is 11.1 Å². The first kappa shape index (κ1) is 15.7. The zero-order valence-corrected chi connectivity index (χ0v) is 12.7. The lowest BCUT2D eigenvalue weighted by molar-refractivity contribution is -0.126. The van der Waals surface area contributed by atoms with Crippen molar-refractivity contribution < 1.29 is 4.79 Å². The van der Waals surface area contributed by atoms with Gasteiger partial charge >= 0.3 is 0 Å². The number of carbonyl (C=O) groups excluding carboxylic acids is 1. The van der Waals surface area contributed by atoms with Gasteiger partial charge in [0.2, 0.25) is 5.91 Å². The highest BCUT2D eigenvalue weighted by molar-refractivity contribution is 5.96. The van der Waals surface area contributed by atoms with E-state index in [2.05, 4.69) is 26.0 Å². The first-order chi connectivity index (χ1) is 8.79. The first-order valence-corrected chi connectivity index (χ1v) is 6.88. The van der Waals surface area contributed by atoms with Gasteiger partial charge in [-0.2, -0.15) is 0 Å². The fourth-order valence-corrected chi connectivity index (χ4v) is 2.12. The minimum Gasteiger partial charge on any atom is -0.330 e. The van der Waals surface area contributed by atoms with Gasteiger partial charge in [0.1, 0.15) is 0 Å². The van der Waals surface area contributed by atoms with Crippen LogP contribution in [0.5, 0.6) is 0 Å². The van der Waals surface area contributed by atoms with Gasteiger partial charge in [-0.15, -0.1) is 0 Å². The standard InChI is InChI=1S/C16H26N2O/c1-12(2)13-6-8-14(9-7-13)18(5)15(19)16(3,4)10-11-17/h6-9,12H,10-11,17H2,1-5H3. The van der Waals surface area contributed by atoms with Gasteiger partial charge < -0.3 is 10.6 Å². The molecule has 0 bridgehead atoms. The van der Waals surface area contributed by atoms with E-state index in [9.17, 15) is 4.79 Å². The number of rotatable bonds is 5. The van der Waals surface area contributed by atoms with Crippen LogP contribution in [-0.2, 0) is 4.79 Å². The van der Waals surface area contributed by atoms with E-state index in [1.165, 1.54) is 5.56 Å². The van der Waals surface area contributed by atoms with Crippen LogP contribution in [0.4, 0.5) is 5.69 Å². The van der Waals surface area contributed by atoms with Crippen molar-refractivity contribution >= 4 is 11.6 Å². The van der Waals surface area contributed by atoms with Crippen LogP contribution in [-0.4, -0.2) is 19.5 Å².